The molecule has 8 heteroatoms. The Labute approximate surface area is 162 Å². The summed E-state index contributed by atoms with van der Waals surface area (Å²) in [5.41, 5.74) is 9.76. The SMILES string of the molecule is CCC(c1cn(-c2ccccc2F)nn1)N1C=C(C2CC2)C2=C(N)NC=NC21. The second-order valence-electron chi connectivity index (χ2n) is 7.39. The second-order valence-corrected chi connectivity index (χ2v) is 7.39. The summed E-state index contributed by atoms with van der Waals surface area (Å²) in [6, 6.07) is 6.52. The lowest BCUT2D eigenvalue weighted by atomic mass is 10.0. The minimum atomic E-state index is -0.329. The molecular weight excluding hydrogens is 357 g/mol. The van der Waals surface area contributed by atoms with Gasteiger partial charge in [0.1, 0.15) is 23.0 Å². The molecule has 3 aliphatic rings. The van der Waals surface area contributed by atoms with Gasteiger partial charge in [-0.1, -0.05) is 24.3 Å². The van der Waals surface area contributed by atoms with Gasteiger partial charge < -0.3 is 16.0 Å². The predicted octanol–water partition coefficient (Wildman–Crippen LogP) is 2.59. The lowest BCUT2D eigenvalue weighted by molar-refractivity contribution is 0.236. The number of aromatic nitrogens is 3. The molecule has 1 aromatic heterocycles. The van der Waals surface area contributed by atoms with E-state index in [4.69, 9.17) is 5.73 Å². The van der Waals surface area contributed by atoms with Crippen LogP contribution < -0.4 is 11.1 Å². The minimum Gasteiger partial charge on any atom is -0.385 e. The zero-order valence-electron chi connectivity index (χ0n) is 15.6. The largest absolute Gasteiger partial charge is 0.385 e. The molecule has 3 N–H and O–H groups in total. The van der Waals surface area contributed by atoms with Gasteiger partial charge in [0, 0.05) is 11.8 Å². The first kappa shape index (κ1) is 17.0. The van der Waals surface area contributed by atoms with Crippen molar-refractivity contribution < 1.29 is 4.39 Å². The van der Waals surface area contributed by atoms with E-state index < -0.39 is 0 Å². The number of halogens is 1. The van der Waals surface area contributed by atoms with Crippen LogP contribution in [-0.4, -0.2) is 32.4 Å². The summed E-state index contributed by atoms with van der Waals surface area (Å²) in [6.07, 6.45) is 8.68. The molecule has 1 saturated carbocycles. The first-order valence-electron chi connectivity index (χ1n) is 9.62. The third-order valence-corrected chi connectivity index (χ3v) is 5.58. The highest BCUT2D eigenvalue weighted by Crippen LogP contribution is 2.48. The number of aliphatic imine (C=N–C) groups is 1. The zero-order valence-corrected chi connectivity index (χ0v) is 15.6. The second kappa shape index (κ2) is 6.47. The molecule has 1 aromatic carbocycles. The van der Waals surface area contributed by atoms with Crippen LogP contribution in [0.2, 0.25) is 0 Å². The fourth-order valence-electron chi connectivity index (χ4n) is 4.04. The molecule has 0 bridgehead atoms. The van der Waals surface area contributed by atoms with Gasteiger partial charge in [-0.05, 0) is 42.9 Å². The van der Waals surface area contributed by atoms with Gasteiger partial charge in [-0.15, -0.1) is 5.10 Å². The van der Waals surface area contributed by atoms with E-state index in [9.17, 15) is 4.39 Å². The van der Waals surface area contributed by atoms with E-state index in [0.29, 0.717) is 17.4 Å². The molecule has 1 fully saturated rings. The Morgan fingerprint density at radius 1 is 1.32 bits per heavy atom. The molecule has 0 saturated heterocycles. The van der Waals surface area contributed by atoms with Crippen molar-refractivity contribution in [2.45, 2.75) is 38.4 Å². The standard InChI is InChI=1S/C20H22FN7/c1-2-16(15-10-28(26-25-15)17-6-4-3-5-14(17)21)27-9-13(12-7-8-12)18-19(22)23-11-24-20(18)27/h3-6,9-12,16,20H,2,7-8,22H2,1H3,(H,23,24). The summed E-state index contributed by atoms with van der Waals surface area (Å²) in [4.78, 5) is 6.85. The van der Waals surface area contributed by atoms with Crippen LogP contribution in [0, 0.1) is 11.7 Å². The van der Waals surface area contributed by atoms with Gasteiger partial charge in [-0.2, -0.15) is 0 Å². The molecule has 2 aliphatic heterocycles. The predicted molar refractivity (Wildman–Crippen MR) is 104 cm³/mol. The van der Waals surface area contributed by atoms with Crippen molar-refractivity contribution >= 4 is 6.34 Å². The number of nitrogens with zero attached hydrogens (tertiary/aromatic N) is 5. The van der Waals surface area contributed by atoms with Crippen molar-refractivity contribution in [3.05, 3.63) is 65.1 Å². The van der Waals surface area contributed by atoms with Crippen LogP contribution in [0.3, 0.4) is 0 Å². The molecule has 5 rings (SSSR count). The molecule has 7 nitrogen and oxygen atoms in total. The zero-order chi connectivity index (χ0) is 19.3. The Bertz CT molecular complexity index is 1000. The number of nitrogens with two attached hydrogens (primary N) is 1. The van der Waals surface area contributed by atoms with E-state index >= 15 is 0 Å². The van der Waals surface area contributed by atoms with Gasteiger partial charge >= 0.3 is 0 Å². The Balaban J connectivity index is 1.51. The number of rotatable bonds is 5. The van der Waals surface area contributed by atoms with Crippen molar-refractivity contribution in [3.63, 3.8) is 0 Å². The van der Waals surface area contributed by atoms with Crippen LogP contribution in [0.4, 0.5) is 4.39 Å². The Hall–Kier alpha value is -3.16. The third-order valence-electron chi connectivity index (χ3n) is 5.58. The van der Waals surface area contributed by atoms with Crippen LogP contribution in [0.25, 0.3) is 5.69 Å². The highest BCUT2D eigenvalue weighted by molar-refractivity contribution is 5.64. The van der Waals surface area contributed by atoms with Crippen LogP contribution in [-0.2, 0) is 0 Å². The lowest BCUT2D eigenvalue weighted by Gasteiger charge is -2.31. The average Bonchev–Trinajstić information content (AvgIpc) is 3.31. The highest BCUT2D eigenvalue weighted by Gasteiger charge is 2.42. The maximum Gasteiger partial charge on any atom is 0.152 e. The van der Waals surface area contributed by atoms with Gasteiger partial charge in [-0.3, -0.25) is 0 Å². The number of para-hydroxylation sites is 1. The van der Waals surface area contributed by atoms with Crippen LogP contribution in [0.5, 0.6) is 0 Å². The fraction of sp³-hybridized carbons (Fsp3) is 0.350. The number of hydrogen-bond acceptors (Lipinski definition) is 6. The summed E-state index contributed by atoms with van der Waals surface area (Å²) in [7, 11) is 0. The maximum absolute atomic E-state index is 14.1. The first-order valence-corrected chi connectivity index (χ1v) is 9.62. The molecule has 144 valence electrons. The molecular formula is C20H22FN7. The van der Waals surface area contributed by atoms with Gasteiger partial charge in [0.2, 0.25) is 0 Å². The van der Waals surface area contributed by atoms with Crippen molar-refractivity contribution in [2.24, 2.45) is 16.6 Å². The van der Waals surface area contributed by atoms with E-state index in [-0.39, 0.29) is 18.0 Å². The molecule has 0 amide bonds. The Morgan fingerprint density at radius 2 is 2.14 bits per heavy atom. The quantitative estimate of drug-likeness (QED) is 0.834. The van der Waals surface area contributed by atoms with Crippen molar-refractivity contribution in [1.29, 1.82) is 0 Å². The molecule has 2 atom stereocenters. The average molecular weight is 379 g/mol. The van der Waals surface area contributed by atoms with E-state index in [0.717, 1.165) is 17.7 Å². The number of benzene rings is 1. The topological polar surface area (TPSA) is 84.4 Å². The maximum atomic E-state index is 14.1. The summed E-state index contributed by atoms with van der Waals surface area (Å²) >= 11 is 0. The Kier molecular flexibility index (Phi) is 3.92. The van der Waals surface area contributed by atoms with Crippen LogP contribution in [0.15, 0.2) is 58.6 Å². The molecule has 3 heterocycles. The van der Waals surface area contributed by atoms with E-state index in [1.807, 2.05) is 0 Å². The Morgan fingerprint density at radius 3 is 2.89 bits per heavy atom. The van der Waals surface area contributed by atoms with E-state index in [1.54, 1.807) is 30.7 Å². The van der Waals surface area contributed by atoms with Gasteiger partial charge in [0.15, 0.2) is 6.17 Å². The lowest BCUT2D eigenvalue weighted by Crippen LogP contribution is -2.37. The molecule has 0 radical (unpaired) electrons. The van der Waals surface area contributed by atoms with Gasteiger partial charge in [-0.25, -0.2) is 14.1 Å². The summed E-state index contributed by atoms with van der Waals surface area (Å²) in [5.74, 6) is 0.901. The third kappa shape index (κ3) is 2.67. The summed E-state index contributed by atoms with van der Waals surface area (Å²) in [5, 5.41) is 11.6. The molecule has 2 unspecified atom stereocenters. The molecule has 2 aromatic rings. The highest BCUT2D eigenvalue weighted by atomic mass is 19.1. The number of nitrogens with one attached hydrogen (secondary N) is 1. The van der Waals surface area contributed by atoms with Gasteiger partial charge in [0.05, 0.1) is 18.6 Å². The van der Waals surface area contributed by atoms with Crippen molar-refractivity contribution in [2.75, 3.05) is 0 Å². The normalized spacial score (nSPS) is 22.1. The molecule has 28 heavy (non-hydrogen) atoms. The smallest absolute Gasteiger partial charge is 0.152 e. The molecule has 1 aliphatic carbocycles. The van der Waals surface area contributed by atoms with Crippen molar-refractivity contribution in [1.82, 2.24) is 25.2 Å². The van der Waals surface area contributed by atoms with Crippen LogP contribution >= 0.6 is 0 Å². The minimum absolute atomic E-state index is 0.0279. The fourth-order valence-corrected chi connectivity index (χ4v) is 4.04. The van der Waals surface area contributed by atoms with E-state index in [1.165, 1.54) is 29.2 Å². The number of hydrogen-bond donors (Lipinski definition) is 2. The molecule has 0 spiro atoms. The summed E-state index contributed by atoms with van der Waals surface area (Å²) < 4.78 is 15.6. The van der Waals surface area contributed by atoms with Crippen LogP contribution in [0.1, 0.15) is 37.9 Å². The first-order chi connectivity index (χ1) is 13.7. The summed E-state index contributed by atoms with van der Waals surface area (Å²) in [6.45, 7) is 2.10. The monoisotopic (exact) mass is 379 g/mol. The number of fused-ring (bicyclic) bond motifs is 1. The van der Waals surface area contributed by atoms with Gasteiger partial charge in [0.25, 0.3) is 0 Å². The van der Waals surface area contributed by atoms with Crippen molar-refractivity contribution in [3.8, 4) is 5.69 Å². The van der Waals surface area contributed by atoms with E-state index in [2.05, 4.69) is 38.6 Å².